The number of ether oxygens (including phenoxy) is 2. The molecule has 64 heavy (non-hydrogen) atoms. The molecule has 4 amide bonds. The first kappa shape index (κ1) is 46.2. The number of carbonyl (C=O) groups excluding carboxylic acids is 4. The molecule has 0 fully saturated rings. The van der Waals surface area contributed by atoms with Crippen molar-refractivity contribution in [1.29, 1.82) is 0 Å². The molecule has 0 aromatic heterocycles. The van der Waals surface area contributed by atoms with E-state index in [1.807, 2.05) is 6.92 Å². The number of imide groups is 2. The van der Waals surface area contributed by atoms with Crippen LogP contribution in [0.4, 0.5) is 8.78 Å². The molecule has 9 nitrogen and oxygen atoms in total. The summed E-state index contributed by atoms with van der Waals surface area (Å²) in [5, 5.41) is 12.1. The molecular formula is C49H38Cl4F2N2O7. The molecule has 0 aliphatic carbocycles. The molecule has 0 saturated carbocycles. The van der Waals surface area contributed by atoms with Gasteiger partial charge < -0.3 is 14.6 Å². The van der Waals surface area contributed by atoms with Gasteiger partial charge in [0.1, 0.15) is 23.1 Å². The number of fused-ring (bicyclic) bond motifs is 2. The average molecular weight is 947 g/mol. The van der Waals surface area contributed by atoms with Crippen LogP contribution < -0.4 is 9.47 Å². The van der Waals surface area contributed by atoms with Crippen LogP contribution in [0.25, 0.3) is 22.3 Å². The van der Waals surface area contributed by atoms with Crippen molar-refractivity contribution in [2.24, 2.45) is 5.92 Å². The van der Waals surface area contributed by atoms with Gasteiger partial charge in [0.25, 0.3) is 23.6 Å². The van der Waals surface area contributed by atoms with Gasteiger partial charge in [0.2, 0.25) is 0 Å². The van der Waals surface area contributed by atoms with E-state index in [1.165, 1.54) is 43.4 Å². The standard InChI is InChI=1S/C25H20Cl2FNO3.C24H18Cl2FNO4/c1-14(13-29-24(30)17-6-3-4-7-18(17)25(29)31)10-15-11-16(28)12-19(23(15)32-2)22-20(26)8-5-9-21(22)27;1-32-22-13(9-14(27)11-18(22)21-19(25)7-4-8-20(21)26)10-15(29)12-28-23(30)16-5-2-3-6-17(16)24(28)31/h3-9,11-12,14H,10,13H2,1-2H3;2-9,11,15,29H,10,12H2,1H3/t14-;15-/m00/s1. The predicted molar refractivity (Wildman–Crippen MR) is 243 cm³/mol. The zero-order valence-electron chi connectivity index (χ0n) is 34.4. The van der Waals surface area contributed by atoms with Crippen LogP contribution in [0.2, 0.25) is 20.1 Å². The number of carbonyl (C=O) groups is 4. The van der Waals surface area contributed by atoms with Crippen molar-refractivity contribution in [1.82, 2.24) is 9.80 Å². The fourth-order valence-electron chi connectivity index (χ4n) is 8.06. The number of nitrogens with zero attached hydrogens (tertiary/aromatic N) is 2. The molecule has 1 N–H and O–H groups in total. The van der Waals surface area contributed by atoms with E-state index in [4.69, 9.17) is 55.9 Å². The SMILES string of the molecule is COc1c(C[C@H](C)CN2C(=O)c3ccccc3C2=O)cc(F)cc1-c1c(Cl)cccc1Cl.COc1c(C[C@H](O)CN2C(=O)c3ccccc3C2=O)cc(F)cc1-c1c(Cl)cccc1Cl. The minimum absolute atomic E-state index is 0.0661. The predicted octanol–water partition coefficient (Wildman–Crippen LogP) is 11.3. The van der Waals surface area contributed by atoms with Gasteiger partial charge in [0.05, 0.1) is 69.2 Å². The Labute approximate surface area is 387 Å². The minimum Gasteiger partial charge on any atom is -0.496 e. The summed E-state index contributed by atoms with van der Waals surface area (Å²) in [6, 6.07) is 28.5. The number of rotatable bonds is 12. The van der Waals surface area contributed by atoms with Crippen molar-refractivity contribution in [3.8, 4) is 33.8 Å². The molecule has 2 heterocycles. The molecule has 6 aromatic carbocycles. The van der Waals surface area contributed by atoms with Crippen molar-refractivity contribution in [3.63, 3.8) is 0 Å². The van der Waals surface area contributed by atoms with E-state index >= 15 is 0 Å². The van der Waals surface area contributed by atoms with Gasteiger partial charge in [0.15, 0.2) is 0 Å². The Morgan fingerprint density at radius 2 is 0.859 bits per heavy atom. The molecule has 2 aliphatic heterocycles. The van der Waals surface area contributed by atoms with Gasteiger partial charge in [-0.2, -0.15) is 0 Å². The number of methoxy groups -OCH3 is 2. The first-order valence-electron chi connectivity index (χ1n) is 19.8. The monoisotopic (exact) mass is 944 g/mol. The van der Waals surface area contributed by atoms with Crippen LogP contribution in [0.15, 0.2) is 109 Å². The lowest BCUT2D eigenvalue weighted by Gasteiger charge is -2.22. The topological polar surface area (TPSA) is 113 Å². The van der Waals surface area contributed by atoms with Crippen LogP contribution in [0, 0.1) is 17.6 Å². The third-order valence-electron chi connectivity index (χ3n) is 10.8. The lowest BCUT2D eigenvalue weighted by molar-refractivity contribution is 0.0542. The number of hydrogen-bond acceptors (Lipinski definition) is 7. The maximum atomic E-state index is 14.6. The second kappa shape index (κ2) is 19.5. The lowest BCUT2D eigenvalue weighted by atomic mass is 9.94. The van der Waals surface area contributed by atoms with E-state index < -0.39 is 29.6 Å². The number of benzene rings is 6. The fraction of sp³-hybridized carbons (Fsp3) is 0.184. The molecular weight excluding hydrogens is 908 g/mol. The molecule has 0 saturated heterocycles. The van der Waals surface area contributed by atoms with Crippen LogP contribution in [0.1, 0.15) is 59.5 Å². The average Bonchev–Trinajstić information content (AvgIpc) is 3.63. The van der Waals surface area contributed by atoms with Crippen LogP contribution in [-0.4, -0.2) is 71.9 Å². The highest BCUT2D eigenvalue weighted by Gasteiger charge is 2.37. The Kier molecular flexibility index (Phi) is 14.1. The zero-order chi connectivity index (χ0) is 46.0. The molecule has 0 bridgehead atoms. The third kappa shape index (κ3) is 9.22. The molecule has 0 radical (unpaired) electrons. The Morgan fingerprint density at radius 3 is 1.22 bits per heavy atom. The van der Waals surface area contributed by atoms with Gasteiger partial charge in [-0.25, -0.2) is 8.78 Å². The summed E-state index contributed by atoms with van der Waals surface area (Å²) in [6.45, 7) is 1.86. The number of aliphatic hydroxyl groups excluding tert-OH is 1. The zero-order valence-corrected chi connectivity index (χ0v) is 37.5. The Balaban J connectivity index is 0.000000191. The molecule has 328 valence electrons. The normalized spacial score (nSPS) is 14.0. The number of β-amino-alcohol motifs (C(OH)–C–C–N with tert-alkyl or cyclic N) is 1. The van der Waals surface area contributed by atoms with E-state index in [1.54, 1.807) is 84.9 Å². The van der Waals surface area contributed by atoms with Crippen molar-refractivity contribution in [2.45, 2.75) is 25.9 Å². The van der Waals surface area contributed by atoms with Gasteiger partial charge in [-0.15, -0.1) is 0 Å². The molecule has 2 atom stereocenters. The largest absolute Gasteiger partial charge is 0.496 e. The summed E-state index contributed by atoms with van der Waals surface area (Å²) in [7, 11) is 2.92. The second-order valence-corrected chi connectivity index (χ2v) is 16.8. The quantitative estimate of drug-likeness (QED) is 0.122. The summed E-state index contributed by atoms with van der Waals surface area (Å²) < 4.78 is 40.2. The first-order chi connectivity index (χ1) is 30.6. The number of hydrogen-bond donors (Lipinski definition) is 1. The van der Waals surface area contributed by atoms with Gasteiger partial charge >= 0.3 is 0 Å². The number of aliphatic hydroxyl groups is 1. The molecule has 15 heteroatoms. The van der Waals surface area contributed by atoms with E-state index in [9.17, 15) is 33.1 Å². The molecule has 6 aromatic rings. The Hall–Kier alpha value is -5.82. The summed E-state index contributed by atoms with van der Waals surface area (Å²) in [5.41, 5.74) is 4.03. The Bertz CT molecular complexity index is 2540. The van der Waals surface area contributed by atoms with Gasteiger partial charge in [-0.3, -0.25) is 29.0 Å². The molecule has 2 aliphatic rings. The van der Waals surface area contributed by atoms with Crippen LogP contribution in [0.3, 0.4) is 0 Å². The highest BCUT2D eigenvalue weighted by Crippen LogP contribution is 2.44. The maximum absolute atomic E-state index is 14.6. The summed E-state index contributed by atoms with van der Waals surface area (Å²) in [4.78, 5) is 52.7. The molecule has 0 unspecified atom stereocenters. The second-order valence-electron chi connectivity index (χ2n) is 15.2. The van der Waals surface area contributed by atoms with Crippen LogP contribution in [0.5, 0.6) is 11.5 Å². The van der Waals surface area contributed by atoms with Crippen molar-refractivity contribution >= 4 is 70.0 Å². The van der Waals surface area contributed by atoms with Crippen molar-refractivity contribution in [3.05, 3.63) is 174 Å². The van der Waals surface area contributed by atoms with E-state index in [0.29, 0.717) is 93.6 Å². The Morgan fingerprint density at radius 1 is 0.516 bits per heavy atom. The highest BCUT2D eigenvalue weighted by molar-refractivity contribution is 6.40. The van der Waals surface area contributed by atoms with Crippen LogP contribution >= 0.6 is 46.4 Å². The summed E-state index contributed by atoms with van der Waals surface area (Å²) in [6.07, 6.45) is -0.838. The first-order valence-corrected chi connectivity index (χ1v) is 21.3. The van der Waals surface area contributed by atoms with Gasteiger partial charge in [-0.05, 0) is 90.7 Å². The number of amides is 4. The van der Waals surface area contributed by atoms with E-state index in [2.05, 4.69) is 0 Å². The lowest BCUT2D eigenvalue weighted by Crippen LogP contribution is -2.37. The van der Waals surface area contributed by atoms with Gasteiger partial charge in [0, 0.05) is 40.8 Å². The van der Waals surface area contributed by atoms with Crippen LogP contribution in [-0.2, 0) is 12.8 Å². The maximum Gasteiger partial charge on any atom is 0.261 e. The minimum atomic E-state index is -1.15. The number of halogens is 6. The third-order valence-corrected chi connectivity index (χ3v) is 12.1. The summed E-state index contributed by atoms with van der Waals surface area (Å²) >= 11 is 25.3. The smallest absolute Gasteiger partial charge is 0.261 e. The highest BCUT2D eigenvalue weighted by atomic mass is 35.5. The summed E-state index contributed by atoms with van der Waals surface area (Å²) in [5.74, 6) is -2.00. The van der Waals surface area contributed by atoms with Gasteiger partial charge in [-0.1, -0.05) is 89.7 Å². The van der Waals surface area contributed by atoms with E-state index in [0.717, 1.165) is 4.90 Å². The molecule has 0 spiro atoms. The van der Waals surface area contributed by atoms with Crippen molar-refractivity contribution in [2.75, 3.05) is 27.3 Å². The van der Waals surface area contributed by atoms with Crippen molar-refractivity contribution < 1.29 is 42.5 Å². The van der Waals surface area contributed by atoms with E-state index in [-0.39, 0.29) is 37.2 Å². The molecule has 8 rings (SSSR count). The fourth-order valence-corrected chi connectivity index (χ4v) is 9.26.